The van der Waals surface area contributed by atoms with Crippen molar-refractivity contribution < 1.29 is 0 Å². The standard InChI is InChI=1S/C10H16N2/c1-4-9(5-2)6-10(7-11)8(3)12/h4,6-7,11H,1,5,12H2,2-3H3/b9-6+,10-8-,11-7?. The minimum atomic E-state index is 0.665. The minimum absolute atomic E-state index is 0.665. The first-order valence-corrected chi connectivity index (χ1v) is 3.95. The van der Waals surface area contributed by atoms with E-state index in [1.165, 1.54) is 6.21 Å². The average molecular weight is 164 g/mol. The molecule has 0 spiro atoms. The number of hydrogen-bond acceptors (Lipinski definition) is 2. The Labute approximate surface area is 74.0 Å². The number of nitrogens with one attached hydrogen (secondary N) is 1. The predicted octanol–water partition coefficient (Wildman–Crippen LogP) is 2.39. The molecule has 0 amide bonds. The Balaban J connectivity index is 4.79. The van der Waals surface area contributed by atoms with Gasteiger partial charge >= 0.3 is 0 Å². The lowest BCUT2D eigenvalue weighted by atomic mass is 10.1. The van der Waals surface area contributed by atoms with Crippen molar-refractivity contribution in [1.29, 1.82) is 5.41 Å². The summed E-state index contributed by atoms with van der Waals surface area (Å²) >= 11 is 0. The second kappa shape index (κ2) is 5.35. The Morgan fingerprint density at radius 2 is 2.17 bits per heavy atom. The van der Waals surface area contributed by atoms with Gasteiger partial charge in [-0.25, -0.2) is 0 Å². The van der Waals surface area contributed by atoms with Gasteiger partial charge in [0.05, 0.1) is 0 Å². The third-order valence-corrected chi connectivity index (χ3v) is 1.62. The monoisotopic (exact) mass is 164 g/mol. The summed E-state index contributed by atoms with van der Waals surface area (Å²) in [5, 5.41) is 7.09. The summed E-state index contributed by atoms with van der Waals surface area (Å²) in [4.78, 5) is 0. The number of hydrogen-bond donors (Lipinski definition) is 2. The van der Waals surface area contributed by atoms with Gasteiger partial charge in [0.25, 0.3) is 0 Å². The van der Waals surface area contributed by atoms with Gasteiger partial charge in [0.2, 0.25) is 0 Å². The van der Waals surface area contributed by atoms with E-state index in [9.17, 15) is 0 Å². The predicted molar refractivity (Wildman–Crippen MR) is 54.2 cm³/mol. The first kappa shape index (κ1) is 10.7. The molecule has 0 aromatic heterocycles. The molecule has 0 fully saturated rings. The zero-order chi connectivity index (χ0) is 9.56. The first-order chi connectivity index (χ1) is 5.65. The van der Waals surface area contributed by atoms with Crippen molar-refractivity contribution in [2.45, 2.75) is 20.3 Å². The lowest BCUT2D eigenvalue weighted by Crippen LogP contribution is -1.97. The fourth-order valence-electron chi connectivity index (χ4n) is 0.774. The van der Waals surface area contributed by atoms with Crippen LogP contribution < -0.4 is 5.73 Å². The van der Waals surface area contributed by atoms with Crippen molar-refractivity contribution in [2.75, 3.05) is 0 Å². The van der Waals surface area contributed by atoms with Crippen LogP contribution in [0.15, 0.2) is 35.6 Å². The van der Waals surface area contributed by atoms with Gasteiger partial charge in [-0.05, 0) is 25.0 Å². The van der Waals surface area contributed by atoms with E-state index < -0.39 is 0 Å². The van der Waals surface area contributed by atoms with E-state index in [2.05, 4.69) is 6.58 Å². The van der Waals surface area contributed by atoms with Gasteiger partial charge < -0.3 is 11.1 Å². The van der Waals surface area contributed by atoms with E-state index in [-0.39, 0.29) is 0 Å². The van der Waals surface area contributed by atoms with E-state index in [0.29, 0.717) is 5.70 Å². The molecule has 0 aliphatic carbocycles. The highest BCUT2D eigenvalue weighted by molar-refractivity contribution is 5.81. The molecule has 0 saturated heterocycles. The molecule has 0 aromatic carbocycles. The quantitative estimate of drug-likeness (QED) is 0.486. The van der Waals surface area contributed by atoms with Gasteiger partial charge in [0.1, 0.15) is 0 Å². The summed E-state index contributed by atoms with van der Waals surface area (Å²) < 4.78 is 0. The number of allylic oxidation sites excluding steroid dienone is 5. The normalized spacial score (nSPS) is 13.7. The van der Waals surface area contributed by atoms with Crippen LogP contribution in [0.4, 0.5) is 0 Å². The highest BCUT2D eigenvalue weighted by atomic mass is 14.6. The van der Waals surface area contributed by atoms with Crippen LogP contribution >= 0.6 is 0 Å². The Bertz CT molecular complexity index is 230. The van der Waals surface area contributed by atoms with Crippen LogP contribution in [0.5, 0.6) is 0 Å². The van der Waals surface area contributed by atoms with Crippen LogP contribution in [0.25, 0.3) is 0 Å². The molecule has 2 nitrogen and oxygen atoms in total. The van der Waals surface area contributed by atoms with Gasteiger partial charge in [0, 0.05) is 17.5 Å². The van der Waals surface area contributed by atoms with E-state index in [1.54, 1.807) is 13.0 Å². The van der Waals surface area contributed by atoms with Crippen molar-refractivity contribution in [3.8, 4) is 0 Å². The van der Waals surface area contributed by atoms with Crippen molar-refractivity contribution >= 4 is 6.21 Å². The molecule has 0 bridgehead atoms. The summed E-state index contributed by atoms with van der Waals surface area (Å²) in [6.45, 7) is 7.50. The number of nitrogens with two attached hydrogens (primary N) is 1. The van der Waals surface area contributed by atoms with Crippen LogP contribution in [0.2, 0.25) is 0 Å². The molecule has 0 aliphatic heterocycles. The molecule has 0 saturated carbocycles. The van der Waals surface area contributed by atoms with Crippen LogP contribution in [0, 0.1) is 5.41 Å². The molecule has 12 heavy (non-hydrogen) atoms. The molecular weight excluding hydrogens is 148 g/mol. The van der Waals surface area contributed by atoms with Crippen molar-refractivity contribution in [3.05, 3.63) is 35.6 Å². The van der Waals surface area contributed by atoms with E-state index in [4.69, 9.17) is 11.1 Å². The zero-order valence-electron chi connectivity index (χ0n) is 7.72. The topological polar surface area (TPSA) is 49.9 Å². The SMILES string of the molecule is C=C/C(=C\C(C=N)=C(/C)N)CC. The molecule has 0 unspecified atom stereocenters. The third-order valence-electron chi connectivity index (χ3n) is 1.62. The van der Waals surface area contributed by atoms with Gasteiger partial charge in [0.15, 0.2) is 0 Å². The summed E-state index contributed by atoms with van der Waals surface area (Å²) in [7, 11) is 0. The lowest BCUT2D eigenvalue weighted by Gasteiger charge is -1.99. The van der Waals surface area contributed by atoms with E-state index in [0.717, 1.165) is 17.6 Å². The third kappa shape index (κ3) is 3.19. The minimum Gasteiger partial charge on any atom is -0.402 e. The maximum Gasteiger partial charge on any atom is 0.0267 e. The summed E-state index contributed by atoms with van der Waals surface area (Å²) in [5.74, 6) is 0. The second-order valence-corrected chi connectivity index (χ2v) is 2.56. The van der Waals surface area contributed by atoms with Crippen LogP contribution in [0.3, 0.4) is 0 Å². The highest BCUT2D eigenvalue weighted by Crippen LogP contribution is 2.07. The van der Waals surface area contributed by atoms with E-state index in [1.807, 2.05) is 13.0 Å². The maximum atomic E-state index is 7.09. The maximum absolute atomic E-state index is 7.09. The largest absolute Gasteiger partial charge is 0.402 e. The van der Waals surface area contributed by atoms with Gasteiger partial charge in [-0.1, -0.05) is 19.6 Å². The molecule has 3 N–H and O–H groups in total. The van der Waals surface area contributed by atoms with Gasteiger partial charge in [-0.2, -0.15) is 0 Å². The zero-order valence-corrected chi connectivity index (χ0v) is 7.72. The molecule has 0 aromatic rings. The van der Waals surface area contributed by atoms with Crippen LogP contribution in [0.1, 0.15) is 20.3 Å². The molecule has 66 valence electrons. The molecule has 0 rings (SSSR count). The van der Waals surface area contributed by atoms with Crippen molar-refractivity contribution in [1.82, 2.24) is 0 Å². The molecular formula is C10H16N2. The first-order valence-electron chi connectivity index (χ1n) is 3.95. The Kier molecular flexibility index (Phi) is 4.77. The van der Waals surface area contributed by atoms with Gasteiger partial charge in [-0.15, -0.1) is 0 Å². The molecule has 0 atom stereocenters. The molecule has 0 aliphatic rings. The fourth-order valence-corrected chi connectivity index (χ4v) is 0.774. The Morgan fingerprint density at radius 1 is 1.58 bits per heavy atom. The second-order valence-electron chi connectivity index (χ2n) is 2.56. The molecule has 0 radical (unpaired) electrons. The van der Waals surface area contributed by atoms with Crippen molar-refractivity contribution in [3.63, 3.8) is 0 Å². The highest BCUT2D eigenvalue weighted by Gasteiger charge is 1.93. The van der Waals surface area contributed by atoms with E-state index >= 15 is 0 Å². The van der Waals surface area contributed by atoms with Crippen LogP contribution in [-0.2, 0) is 0 Å². The molecule has 0 heterocycles. The smallest absolute Gasteiger partial charge is 0.0267 e. The fraction of sp³-hybridized carbons (Fsp3) is 0.300. The summed E-state index contributed by atoms with van der Waals surface area (Å²) in [6.07, 6.45) is 5.84. The number of rotatable bonds is 4. The van der Waals surface area contributed by atoms with Gasteiger partial charge in [-0.3, -0.25) is 0 Å². The average Bonchev–Trinajstić information content (AvgIpc) is 2.06. The Hall–Kier alpha value is -1.31. The molecule has 2 heteroatoms. The summed E-state index contributed by atoms with van der Waals surface area (Å²) in [5.41, 5.74) is 8.07. The summed E-state index contributed by atoms with van der Waals surface area (Å²) in [6, 6.07) is 0. The van der Waals surface area contributed by atoms with Crippen molar-refractivity contribution in [2.24, 2.45) is 5.73 Å². The lowest BCUT2D eigenvalue weighted by molar-refractivity contribution is 1.14. The Morgan fingerprint density at radius 3 is 2.42 bits per heavy atom. The van der Waals surface area contributed by atoms with Crippen LogP contribution in [-0.4, -0.2) is 6.21 Å².